The molecule has 2 aromatic rings. The first-order valence-electron chi connectivity index (χ1n) is 7.59. The zero-order chi connectivity index (χ0) is 20.0. The Morgan fingerprint density at radius 2 is 1.78 bits per heavy atom. The Bertz CT molecular complexity index is 819. The van der Waals surface area contributed by atoms with Gasteiger partial charge in [0.15, 0.2) is 5.75 Å². The lowest BCUT2D eigenvalue weighted by molar-refractivity contribution is -0.137. The quantitative estimate of drug-likeness (QED) is 0.431. The number of halogens is 7. The van der Waals surface area contributed by atoms with Crippen molar-refractivity contribution in [3.63, 3.8) is 0 Å². The molecule has 0 heterocycles. The van der Waals surface area contributed by atoms with Crippen LogP contribution in [0.5, 0.6) is 11.5 Å². The SMILES string of the molecule is FC(F)(F)c1cccc(CCOc2c(Cl)ccc(OCC=C(Cl)Cl)c2Cl)c1. The molecule has 0 N–H and O–H groups in total. The summed E-state index contributed by atoms with van der Waals surface area (Å²) in [5, 5.41) is 0.396. The molecule has 0 atom stereocenters. The van der Waals surface area contributed by atoms with Gasteiger partial charge >= 0.3 is 6.18 Å². The second-order valence-electron chi connectivity index (χ2n) is 5.29. The van der Waals surface area contributed by atoms with Gasteiger partial charge in [-0.1, -0.05) is 64.6 Å². The molecule has 0 fully saturated rings. The molecule has 146 valence electrons. The van der Waals surface area contributed by atoms with Crippen LogP contribution in [0.3, 0.4) is 0 Å². The lowest BCUT2D eigenvalue weighted by atomic mass is 10.1. The molecular weight excluding hydrogens is 447 g/mol. The largest absolute Gasteiger partial charge is 0.490 e. The van der Waals surface area contributed by atoms with Crippen LogP contribution in [0.1, 0.15) is 11.1 Å². The fraction of sp³-hybridized carbons (Fsp3) is 0.222. The predicted molar refractivity (Wildman–Crippen MR) is 102 cm³/mol. The first-order chi connectivity index (χ1) is 12.7. The second-order valence-corrected chi connectivity index (χ2v) is 7.08. The molecule has 0 aliphatic heterocycles. The van der Waals surface area contributed by atoms with Crippen LogP contribution in [-0.2, 0) is 12.6 Å². The third-order valence-electron chi connectivity index (χ3n) is 3.38. The van der Waals surface area contributed by atoms with Crippen molar-refractivity contribution in [2.24, 2.45) is 0 Å². The van der Waals surface area contributed by atoms with Crippen molar-refractivity contribution in [2.45, 2.75) is 12.6 Å². The summed E-state index contributed by atoms with van der Waals surface area (Å²) < 4.78 is 49.3. The molecule has 0 radical (unpaired) electrons. The van der Waals surface area contributed by atoms with Crippen LogP contribution in [0.2, 0.25) is 10.0 Å². The number of hydrogen-bond donors (Lipinski definition) is 0. The Morgan fingerprint density at radius 1 is 1.04 bits per heavy atom. The maximum absolute atomic E-state index is 12.8. The van der Waals surface area contributed by atoms with Crippen molar-refractivity contribution < 1.29 is 22.6 Å². The molecule has 2 aromatic carbocycles. The van der Waals surface area contributed by atoms with E-state index in [1.165, 1.54) is 18.2 Å². The maximum Gasteiger partial charge on any atom is 0.416 e. The van der Waals surface area contributed by atoms with Gasteiger partial charge in [-0.3, -0.25) is 0 Å². The smallest absolute Gasteiger partial charge is 0.416 e. The highest BCUT2D eigenvalue weighted by Gasteiger charge is 2.30. The number of rotatable bonds is 7. The Morgan fingerprint density at radius 3 is 2.44 bits per heavy atom. The summed E-state index contributed by atoms with van der Waals surface area (Å²) in [6, 6.07) is 8.12. The molecule has 2 rings (SSSR count). The van der Waals surface area contributed by atoms with Crippen molar-refractivity contribution in [3.8, 4) is 11.5 Å². The molecule has 0 saturated heterocycles. The van der Waals surface area contributed by atoms with Gasteiger partial charge in [0.05, 0.1) is 17.2 Å². The topological polar surface area (TPSA) is 18.5 Å². The van der Waals surface area contributed by atoms with Gasteiger partial charge in [0.25, 0.3) is 0 Å². The highest BCUT2D eigenvalue weighted by atomic mass is 35.5. The lowest BCUT2D eigenvalue weighted by Crippen LogP contribution is -2.07. The Kier molecular flexibility index (Phi) is 7.98. The number of ether oxygens (including phenoxy) is 2. The summed E-state index contributed by atoms with van der Waals surface area (Å²) in [5.41, 5.74) is -0.233. The highest BCUT2D eigenvalue weighted by Crippen LogP contribution is 2.40. The van der Waals surface area contributed by atoms with E-state index in [0.29, 0.717) is 11.3 Å². The van der Waals surface area contributed by atoms with E-state index in [9.17, 15) is 13.2 Å². The summed E-state index contributed by atoms with van der Waals surface area (Å²) in [4.78, 5) is 0. The summed E-state index contributed by atoms with van der Waals surface area (Å²) >= 11 is 23.3. The van der Waals surface area contributed by atoms with Crippen molar-refractivity contribution in [1.82, 2.24) is 0 Å². The average Bonchev–Trinajstić information content (AvgIpc) is 2.59. The van der Waals surface area contributed by atoms with Gasteiger partial charge in [-0.2, -0.15) is 13.2 Å². The standard InChI is InChI=1S/C18H13Cl4F3O2/c19-13-4-5-14(26-9-7-15(20)21)16(22)17(13)27-8-6-11-2-1-3-12(10-11)18(23,24)25/h1-5,7,10H,6,8-9H2. The summed E-state index contributed by atoms with van der Waals surface area (Å²) in [6.07, 6.45) is -2.72. The van der Waals surface area contributed by atoms with E-state index in [-0.39, 0.29) is 39.9 Å². The van der Waals surface area contributed by atoms with Crippen molar-refractivity contribution in [2.75, 3.05) is 13.2 Å². The van der Waals surface area contributed by atoms with E-state index in [1.54, 1.807) is 12.1 Å². The maximum atomic E-state index is 12.8. The minimum Gasteiger partial charge on any atom is -0.490 e. The van der Waals surface area contributed by atoms with E-state index < -0.39 is 11.7 Å². The average molecular weight is 460 g/mol. The molecule has 0 aliphatic rings. The van der Waals surface area contributed by atoms with Gasteiger partial charge in [-0.05, 0) is 29.8 Å². The molecule has 2 nitrogen and oxygen atoms in total. The normalized spacial score (nSPS) is 11.2. The number of alkyl halides is 3. The van der Waals surface area contributed by atoms with Crippen molar-refractivity contribution in [3.05, 3.63) is 68.1 Å². The third-order valence-corrected chi connectivity index (χ3v) is 4.35. The number of hydrogen-bond acceptors (Lipinski definition) is 2. The van der Waals surface area contributed by atoms with Crippen molar-refractivity contribution >= 4 is 46.4 Å². The van der Waals surface area contributed by atoms with Gasteiger partial charge in [-0.25, -0.2) is 0 Å². The van der Waals surface area contributed by atoms with Gasteiger partial charge in [-0.15, -0.1) is 0 Å². The Hall–Kier alpha value is -1.27. The molecule has 0 aromatic heterocycles. The molecule has 0 amide bonds. The van der Waals surface area contributed by atoms with E-state index in [2.05, 4.69) is 0 Å². The van der Waals surface area contributed by atoms with Crippen LogP contribution in [0.25, 0.3) is 0 Å². The summed E-state index contributed by atoms with van der Waals surface area (Å²) in [6.45, 7) is 0.172. The van der Waals surface area contributed by atoms with Gasteiger partial charge in [0, 0.05) is 6.42 Å². The summed E-state index contributed by atoms with van der Waals surface area (Å²) in [5.74, 6) is 0.490. The van der Waals surface area contributed by atoms with Crippen LogP contribution < -0.4 is 9.47 Å². The molecule has 0 spiro atoms. The van der Waals surface area contributed by atoms with Crippen LogP contribution in [0.15, 0.2) is 47.0 Å². The van der Waals surface area contributed by atoms with Crippen LogP contribution >= 0.6 is 46.4 Å². The Labute approximate surface area is 174 Å². The second kappa shape index (κ2) is 9.78. The van der Waals surface area contributed by atoms with E-state index in [0.717, 1.165) is 12.1 Å². The molecule has 0 bridgehead atoms. The molecule has 9 heteroatoms. The number of benzene rings is 2. The molecule has 0 unspecified atom stereocenters. The predicted octanol–water partition coefficient (Wildman–Crippen LogP) is 7.33. The fourth-order valence-corrected chi connectivity index (χ4v) is 2.79. The third kappa shape index (κ3) is 6.68. The summed E-state index contributed by atoms with van der Waals surface area (Å²) in [7, 11) is 0. The molecule has 0 saturated carbocycles. The molecular formula is C18H13Cl4F3O2. The van der Waals surface area contributed by atoms with E-state index in [4.69, 9.17) is 55.9 Å². The Balaban J connectivity index is 2.04. The van der Waals surface area contributed by atoms with Crippen LogP contribution in [-0.4, -0.2) is 13.2 Å². The van der Waals surface area contributed by atoms with Crippen LogP contribution in [0, 0.1) is 0 Å². The first kappa shape index (κ1) is 22.0. The monoisotopic (exact) mass is 458 g/mol. The van der Waals surface area contributed by atoms with Gasteiger partial charge < -0.3 is 9.47 Å². The fourth-order valence-electron chi connectivity index (χ4n) is 2.13. The van der Waals surface area contributed by atoms with Gasteiger partial charge in [0.1, 0.15) is 21.9 Å². The minimum atomic E-state index is -4.39. The van der Waals surface area contributed by atoms with Crippen molar-refractivity contribution in [1.29, 1.82) is 0 Å². The highest BCUT2D eigenvalue weighted by molar-refractivity contribution is 6.55. The van der Waals surface area contributed by atoms with Gasteiger partial charge in [0.2, 0.25) is 0 Å². The zero-order valence-corrected chi connectivity index (χ0v) is 16.6. The van der Waals surface area contributed by atoms with Crippen LogP contribution in [0.4, 0.5) is 13.2 Å². The molecule has 0 aliphatic carbocycles. The van der Waals surface area contributed by atoms with E-state index >= 15 is 0 Å². The zero-order valence-electron chi connectivity index (χ0n) is 13.6. The minimum absolute atomic E-state index is 0.0534. The van der Waals surface area contributed by atoms with E-state index in [1.807, 2.05) is 0 Å². The lowest BCUT2D eigenvalue weighted by Gasteiger charge is -2.14. The molecule has 27 heavy (non-hydrogen) atoms. The first-order valence-corrected chi connectivity index (χ1v) is 9.10.